The van der Waals surface area contributed by atoms with Crippen molar-refractivity contribution in [3.63, 3.8) is 0 Å². The number of hydrogen-bond acceptors (Lipinski definition) is 6. The molecular formula is C32H33B2ClF2N6O2. The first kappa shape index (κ1) is 32.1. The number of pyridine rings is 2. The highest BCUT2D eigenvalue weighted by molar-refractivity contribution is 6.50. The van der Waals surface area contributed by atoms with Gasteiger partial charge >= 0.3 is 5.69 Å². The summed E-state index contributed by atoms with van der Waals surface area (Å²) in [6.45, 7) is 9.59. The van der Waals surface area contributed by atoms with Crippen LogP contribution in [0.25, 0.3) is 34.1 Å². The number of aromatic nitrogens is 4. The Kier molecular flexibility index (Phi) is 9.25. The van der Waals surface area contributed by atoms with Crippen LogP contribution in [0, 0.1) is 5.82 Å². The number of carbonyl (C=O) groups is 1. The van der Waals surface area contributed by atoms with Crippen LogP contribution in [0.1, 0.15) is 43.5 Å². The van der Waals surface area contributed by atoms with E-state index in [1.54, 1.807) is 23.1 Å². The van der Waals surface area contributed by atoms with Crippen LogP contribution >= 0.6 is 11.6 Å². The highest BCUT2D eigenvalue weighted by Crippen LogP contribution is 2.38. The molecule has 1 atom stereocenters. The molecule has 0 saturated carbocycles. The molecule has 3 aromatic heterocycles. The van der Waals surface area contributed by atoms with E-state index in [2.05, 4.69) is 16.5 Å². The lowest BCUT2D eigenvalue weighted by Crippen LogP contribution is -2.54. The number of carbonyl (C=O) groups excluding carboxylic acids is 1. The third kappa shape index (κ3) is 6.03. The zero-order valence-electron chi connectivity index (χ0n) is 25.9. The predicted octanol–water partition coefficient (Wildman–Crippen LogP) is 4.02. The van der Waals surface area contributed by atoms with E-state index in [9.17, 15) is 14.0 Å². The monoisotopic (exact) mass is 628 g/mol. The molecule has 13 heteroatoms. The van der Waals surface area contributed by atoms with E-state index in [0.717, 1.165) is 5.37 Å². The van der Waals surface area contributed by atoms with Gasteiger partial charge in [0.1, 0.15) is 34.0 Å². The second kappa shape index (κ2) is 13.0. The number of piperazine rings is 1. The van der Waals surface area contributed by atoms with Crippen LogP contribution in [0.4, 0.5) is 14.6 Å². The van der Waals surface area contributed by atoms with Gasteiger partial charge in [-0.2, -0.15) is 4.98 Å². The summed E-state index contributed by atoms with van der Waals surface area (Å²) in [5.74, 6) is -0.573. The Labute approximate surface area is 267 Å². The van der Waals surface area contributed by atoms with Crippen molar-refractivity contribution in [1.82, 2.24) is 24.4 Å². The summed E-state index contributed by atoms with van der Waals surface area (Å²) in [6.07, 6.45) is 4.61. The molecule has 1 fully saturated rings. The smallest absolute Gasteiger partial charge is 0.350 e. The molecule has 8 nitrogen and oxygen atoms in total. The fraction of sp³-hybridized carbons (Fsp3) is 0.281. The lowest BCUT2D eigenvalue weighted by Gasteiger charge is -2.40. The number of amides is 1. The molecule has 0 spiro atoms. The molecule has 1 aliphatic rings. The number of hydrogen-bond donors (Lipinski definition) is 0. The molecule has 0 bridgehead atoms. The highest BCUT2D eigenvalue weighted by atomic mass is 35.5. The molecule has 4 aromatic rings. The second-order valence-corrected chi connectivity index (χ2v) is 12.1. The minimum atomic E-state index is -0.859. The van der Waals surface area contributed by atoms with Gasteiger partial charge in [-0.15, -0.1) is 5.37 Å². The summed E-state index contributed by atoms with van der Waals surface area (Å²) in [5, 5.41) is 1.51. The Morgan fingerprint density at radius 1 is 1.22 bits per heavy atom. The van der Waals surface area contributed by atoms with Crippen LogP contribution in [0.3, 0.4) is 0 Å². The Morgan fingerprint density at radius 3 is 2.62 bits per heavy atom. The molecule has 0 N–H and O–H groups in total. The van der Waals surface area contributed by atoms with Gasteiger partial charge in [0.05, 0.1) is 27.5 Å². The van der Waals surface area contributed by atoms with E-state index in [-0.39, 0.29) is 51.0 Å². The third-order valence-corrected chi connectivity index (χ3v) is 8.15. The average molecular weight is 629 g/mol. The Hall–Kier alpha value is -4.31. The molecule has 1 amide bonds. The number of halogens is 3. The maximum absolute atomic E-state index is 15.6. The topological polar surface area (TPSA) is 84.2 Å². The Balaban J connectivity index is 1.87. The van der Waals surface area contributed by atoms with E-state index in [1.165, 1.54) is 29.0 Å². The zero-order chi connectivity index (χ0) is 32.6. The molecule has 4 heterocycles. The predicted molar refractivity (Wildman–Crippen MR) is 181 cm³/mol. The van der Waals surface area contributed by atoms with E-state index in [1.807, 2.05) is 47.4 Å². The standard InChI is InChI=1S/C32H33B2ClF2N6O2/c1-5-25(44)41-11-12-42(18(4)16-41)30-21-14-22(35)28(26-19(13-24(33)34)7-6-8-23(26)37)39-31(21)43(32(45)40-30)29-20(15-36)9-10-38-27(29)17(2)3/h5-10,13-14,17-18H,1,11-12,15-16,33-34H2,2-4H3/t18-/m0/s1. The normalized spacial score (nSPS) is 15.0. The van der Waals surface area contributed by atoms with Crippen LogP contribution in [-0.4, -0.2) is 71.7 Å². The molecule has 0 aliphatic carbocycles. The molecule has 45 heavy (non-hydrogen) atoms. The minimum Gasteiger partial charge on any atom is -0.350 e. The average Bonchev–Trinajstić information content (AvgIpc) is 3.00. The van der Waals surface area contributed by atoms with E-state index in [4.69, 9.17) is 16.6 Å². The second-order valence-electron chi connectivity index (χ2n) is 11.7. The number of fused-ring (bicyclic) bond motifs is 1. The molecule has 230 valence electrons. The van der Waals surface area contributed by atoms with Crippen molar-refractivity contribution < 1.29 is 13.6 Å². The van der Waals surface area contributed by atoms with Gasteiger partial charge in [0.2, 0.25) is 5.91 Å². The maximum Gasteiger partial charge on any atom is 0.355 e. The van der Waals surface area contributed by atoms with Crippen molar-refractivity contribution in [2.75, 3.05) is 24.5 Å². The fourth-order valence-electron chi connectivity index (χ4n) is 5.83. The molecule has 1 aromatic carbocycles. The molecular weight excluding hydrogens is 595 g/mol. The van der Waals surface area contributed by atoms with Crippen LogP contribution in [0.15, 0.2) is 59.3 Å². The van der Waals surface area contributed by atoms with Gasteiger partial charge in [-0.3, -0.25) is 9.78 Å². The van der Waals surface area contributed by atoms with Crippen LogP contribution in [0.5, 0.6) is 0 Å². The molecule has 1 saturated heterocycles. The summed E-state index contributed by atoms with van der Waals surface area (Å²) in [7, 11) is 3.80. The largest absolute Gasteiger partial charge is 0.355 e. The summed E-state index contributed by atoms with van der Waals surface area (Å²) < 4.78 is 31.4. The number of nitrogens with zero attached hydrogens (tertiary/aromatic N) is 6. The van der Waals surface area contributed by atoms with Gasteiger partial charge in [-0.05, 0) is 42.7 Å². The Morgan fingerprint density at radius 2 is 1.98 bits per heavy atom. The number of alkyl halides is 1. The van der Waals surface area contributed by atoms with Gasteiger partial charge < -0.3 is 9.80 Å². The van der Waals surface area contributed by atoms with Crippen molar-refractivity contribution in [3.8, 4) is 16.9 Å². The SMILES string of the molecule is BC(B)=Cc1cccc(F)c1-c1nc2c(cc1Cl)c(N1CCN(C(=O)C=C)C[C@@H]1C)nc(=O)n2-c1c(CF)ccnc1C(C)C. The van der Waals surface area contributed by atoms with Gasteiger partial charge in [-0.1, -0.05) is 50.2 Å². The quantitative estimate of drug-likeness (QED) is 0.227. The molecule has 0 unspecified atom stereocenters. The van der Waals surface area contributed by atoms with Crippen LogP contribution < -0.4 is 10.6 Å². The first-order valence-electron chi connectivity index (χ1n) is 14.8. The van der Waals surface area contributed by atoms with Crippen molar-refractivity contribution in [1.29, 1.82) is 0 Å². The first-order chi connectivity index (χ1) is 21.5. The zero-order valence-corrected chi connectivity index (χ0v) is 26.7. The van der Waals surface area contributed by atoms with Crippen molar-refractivity contribution in [3.05, 3.63) is 92.7 Å². The number of rotatable bonds is 7. The van der Waals surface area contributed by atoms with Crippen molar-refractivity contribution in [2.45, 2.75) is 39.4 Å². The summed E-state index contributed by atoms with van der Waals surface area (Å²) in [6, 6.07) is 7.63. The van der Waals surface area contributed by atoms with Crippen molar-refractivity contribution in [2.24, 2.45) is 0 Å². The highest BCUT2D eigenvalue weighted by Gasteiger charge is 2.31. The van der Waals surface area contributed by atoms with E-state index in [0.29, 0.717) is 42.1 Å². The van der Waals surface area contributed by atoms with Gasteiger partial charge in [0.15, 0.2) is 5.65 Å². The summed E-state index contributed by atoms with van der Waals surface area (Å²) in [4.78, 5) is 44.0. The van der Waals surface area contributed by atoms with Gasteiger partial charge in [-0.25, -0.2) is 23.1 Å². The first-order valence-corrected chi connectivity index (χ1v) is 15.1. The Bertz CT molecular complexity index is 1910. The van der Waals surface area contributed by atoms with E-state index < -0.39 is 18.2 Å². The third-order valence-electron chi connectivity index (χ3n) is 7.86. The van der Waals surface area contributed by atoms with E-state index >= 15 is 4.39 Å². The van der Waals surface area contributed by atoms with Gasteiger partial charge in [0.25, 0.3) is 0 Å². The molecule has 5 rings (SSSR count). The van der Waals surface area contributed by atoms with Crippen LogP contribution in [0.2, 0.25) is 5.02 Å². The lowest BCUT2D eigenvalue weighted by atomic mass is 9.77. The molecule has 1 aliphatic heterocycles. The number of benzene rings is 1. The maximum atomic E-state index is 15.6. The number of anilines is 1. The summed E-state index contributed by atoms with van der Waals surface area (Å²) in [5.41, 5.74) is 1.29. The fourth-order valence-corrected chi connectivity index (χ4v) is 6.07. The lowest BCUT2D eigenvalue weighted by molar-refractivity contribution is -0.126. The minimum absolute atomic E-state index is 0.131. The van der Waals surface area contributed by atoms with Gasteiger partial charge in [0, 0.05) is 43.0 Å². The van der Waals surface area contributed by atoms with Crippen LogP contribution in [-0.2, 0) is 11.5 Å². The van der Waals surface area contributed by atoms with Crippen molar-refractivity contribution >= 4 is 56.1 Å². The molecule has 0 radical (unpaired) electrons. The summed E-state index contributed by atoms with van der Waals surface area (Å²) >= 11 is 6.91.